The summed E-state index contributed by atoms with van der Waals surface area (Å²) in [6.07, 6.45) is 44.4. The molecule has 0 heterocycles. The summed E-state index contributed by atoms with van der Waals surface area (Å²) in [5.41, 5.74) is 8.08. The maximum atomic E-state index is 2.46. The van der Waals surface area contributed by atoms with Crippen molar-refractivity contribution < 1.29 is 0 Å². The fourth-order valence-electron chi connectivity index (χ4n) is 8.30. The van der Waals surface area contributed by atoms with Crippen LogP contribution in [0.1, 0.15) is 202 Å². The van der Waals surface area contributed by atoms with Crippen molar-refractivity contribution in [2.45, 2.75) is 180 Å². The molecule has 0 aliphatic rings. The van der Waals surface area contributed by atoms with E-state index in [1.807, 2.05) is 0 Å². The zero-order chi connectivity index (χ0) is 38.8. The topological polar surface area (TPSA) is 0 Å². The maximum Gasteiger partial charge on any atom is -0.0151 e. The van der Waals surface area contributed by atoms with Crippen LogP contribution in [0, 0.1) is 0 Å². The van der Waals surface area contributed by atoms with Crippen LogP contribution in [-0.4, -0.2) is 0 Å². The predicted octanol–water partition coefficient (Wildman–Crippen LogP) is 18.2. The molecule has 0 aromatic heterocycles. The van der Waals surface area contributed by atoms with Crippen molar-refractivity contribution in [2.24, 2.45) is 0 Å². The summed E-state index contributed by atoms with van der Waals surface area (Å²) in [4.78, 5) is 0. The first-order valence-electron chi connectivity index (χ1n) is 23.5. The van der Waals surface area contributed by atoms with Gasteiger partial charge in [-0.15, -0.1) is 0 Å². The van der Waals surface area contributed by atoms with Crippen molar-refractivity contribution in [3.8, 4) is 0 Å². The average Bonchev–Trinajstić information content (AvgIpc) is 3.25. The van der Waals surface area contributed by atoms with Crippen LogP contribution in [0.15, 0.2) is 133 Å². The Hall–Kier alpha value is -3.64. The van der Waals surface area contributed by atoms with Crippen molar-refractivity contribution in [1.29, 1.82) is 0 Å². The summed E-state index contributed by atoms with van der Waals surface area (Å²) in [5.74, 6) is 0. The van der Waals surface area contributed by atoms with E-state index in [1.165, 1.54) is 213 Å². The molecule has 4 aromatic carbocycles. The zero-order valence-electron chi connectivity index (χ0n) is 35.5. The molecule has 0 aliphatic carbocycles. The van der Waals surface area contributed by atoms with Gasteiger partial charge in [0, 0.05) is 0 Å². The molecule has 4 aromatic rings. The van der Waals surface area contributed by atoms with Gasteiger partial charge in [0.2, 0.25) is 0 Å². The number of unbranched alkanes of at least 4 members (excludes halogenated alkanes) is 27. The van der Waals surface area contributed by atoms with Crippen LogP contribution in [0.2, 0.25) is 0 Å². The highest BCUT2D eigenvalue weighted by atomic mass is 14.1. The average molecular weight is 751 g/mol. The molecule has 0 N–H and O–H groups in total. The molecule has 0 aliphatic heterocycles. The van der Waals surface area contributed by atoms with Crippen LogP contribution in [0.5, 0.6) is 0 Å². The van der Waals surface area contributed by atoms with E-state index in [4.69, 9.17) is 0 Å². The molecule has 302 valence electrons. The minimum atomic E-state index is 1.17. The van der Waals surface area contributed by atoms with Crippen molar-refractivity contribution in [3.05, 3.63) is 156 Å². The van der Waals surface area contributed by atoms with Crippen molar-refractivity contribution in [3.63, 3.8) is 0 Å². The van der Waals surface area contributed by atoms with Gasteiger partial charge >= 0.3 is 0 Å². The fraction of sp³-hybridized carbons (Fsp3) is 0.500. The second-order valence-corrected chi connectivity index (χ2v) is 16.5. The summed E-state index contributed by atoms with van der Waals surface area (Å²) < 4.78 is 0. The van der Waals surface area contributed by atoms with Crippen LogP contribution >= 0.6 is 0 Å². The fourth-order valence-corrected chi connectivity index (χ4v) is 8.30. The Morgan fingerprint density at radius 3 is 0.554 bits per heavy atom. The molecule has 0 unspecified atom stereocenters. The van der Waals surface area contributed by atoms with Crippen LogP contribution in [0.4, 0.5) is 0 Å². The van der Waals surface area contributed by atoms with Gasteiger partial charge in [0.05, 0.1) is 0 Å². The third-order valence-corrected chi connectivity index (χ3v) is 11.7. The molecule has 0 spiro atoms. The maximum absolute atomic E-state index is 2.46. The highest BCUT2D eigenvalue weighted by Crippen LogP contribution is 2.26. The first-order chi connectivity index (χ1) is 27.9. The first-order valence-corrected chi connectivity index (χ1v) is 23.5. The second kappa shape index (κ2) is 31.4. The molecule has 0 nitrogen and oxygen atoms in total. The van der Waals surface area contributed by atoms with E-state index < -0.39 is 0 Å². The normalized spacial score (nSPS) is 11.1. The van der Waals surface area contributed by atoms with Crippen LogP contribution in [-0.2, 0) is 0 Å². The Kier molecular flexibility index (Phi) is 25.3. The first kappa shape index (κ1) is 45.1. The van der Waals surface area contributed by atoms with Gasteiger partial charge in [0.15, 0.2) is 0 Å². The Labute approximate surface area is 345 Å². The van der Waals surface area contributed by atoms with E-state index in [0.717, 1.165) is 0 Å². The number of rotatable bonds is 33. The third kappa shape index (κ3) is 20.5. The molecule has 4 rings (SSSR count). The highest BCUT2D eigenvalue weighted by Gasteiger charge is 2.05. The minimum Gasteiger partial charge on any atom is -0.0761 e. The van der Waals surface area contributed by atoms with E-state index in [-0.39, 0.29) is 0 Å². The van der Waals surface area contributed by atoms with Gasteiger partial charge in [-0.05, 0) is 59.1 Å². The Bertz CT molecular complexity index is 1310. The molecule has 0 amide bonds. The molecule has 0 saturated heterocycles. The van der Waals surface area contributed by atoms with Gasteiger partial charge < -0.3 is 0 Å². The monoisotopic (exact) mass is 751 g/mol. The van der Waals surface area contributed by atoms with Gasteiger partial charge in [-0.25, -0.2) is 0 Å². The summed E-state index contributed by atoms with van der Waals surface area (Å²) in [6.45, 7) is 0. The largest absolute Gasteiger partial charge is 0.0761 e. The highest BCUT2D eigenvalue weighted by molar-refractivity contribution is 5.80. The van der Waals surface area contributed by atoms with Crippen LogP contribution in [0.25, 0.3) is 11.1 Å². The SMILES string of the molecule is C(CCCCCCCCCCCCCCCCCCCCCCCCCCCCC=C(c1ccccc1)c1ccccc1)=C(c1ccccc1)c1ccccc1. The lowest BCUT2D eigenvalue weighted by atomic mass is 9.96. The summed E-state index contributed by atoms with van der Waals surface area (Å²) in [7, 11) is 0. The Balaban J connectivity index is 0.837. The standard InChI is InChI=1S/C56H78/c1(3-5-7-9-11-13-15-17-19-21-23-25-39-49-55(51-41-31-27-32-42-51)52-43-33-28-34-44-52)2-4-6-8-10-12-14-16-18-20-22-24-26-40-50-56(53-45-35-29-36-46-53)54-47-37-30-38-48-54/h27-38,41-50H,1-26,39-40H2. The van der Waals surface area contributed by atoms with Gasteiger partial charge in [-0.1, -0.05) is 288 Å². The molecule has 0 radical (unpaired) electrons. The number of benzene rings is 4. The van der Waals surface area contributed by atoms with Crippen molar-refractivity contribution in [2.75, 3.05) is 0 Å². The molecule has 0 heteroatoms. The summed E-state index contributed by atoms with van der Waals surface area (Å²) in [6, 6.07) is 43.5. The van der Waals surface area contributed by atoms with Gasteiger partial charge in [0.25, 0.3) is 0 Å². The smallest absolute Gasteiger partial charge is 0.0151 e. The van der Waals surface area contributed by atoms with E-state index in [0.29, 0.717) is 0 Å². The van der Waals surface area contributed by atoms with Crippen LogP contribution < -0.4 is 0 Å². The second-order valence-electron chi connectivity index (χ2n) is 16.5. The molecule has 0 bridgehead atoms. The van der Waals surface area contributed by atoms with Gasteiger partial charge in [-0.2, -0.15) is 0 Å². The lowest BCUT2D eigenvalue weighted by Gasteiger charge is -2.09. The molecular weight excluding hydrogens is 673 g/mol. The van der Waals surface area contributed by atoms with E-state index in [1.54, 1.807) is 0 Å². The minimum absolute atomic E-state index is 1.17. The predicted molar refractivity (Wildman–Crippen MR) is 249 cm³/mol. The number of allylic oxidation sites excluding steroid dienone is 2. The van der Waals surface area contributed by atoms with Crippen molar-refractivity contribution >= 4 is 11.1 Å². The molecular formula is C56H78. The molecule has 56 heavy (non-hydrogen) atoms. The Morgan fingerprint density at radius 1 is 0.214 bits per heavy atom. The van der Waals surface area contributed by atoms with E-state index in [2.05, 4.69) is 133 Å². The van der Waals surface area contributed by atoms with Crippen LogP contribution in [0.3, 0.4) is 0 Å². The van der Waals surface area contributed by atoms with Gasteiger partial charge in [-0.3, -0.25) is 0 Å². The molecule has 0 saturated carbocycles. The van der Waals surface area contributed by atoms with Crippen molar-refractivity contribution in [1.82, 2.24) is 0 Å². The summed E-state index contributed by atoms with van der Waals surface area (Å²) >= 11 is 0. The number of hydrogen-bond acceptors (Lipinski definition) is 0. The third-order valence-electron chi connectivity index (χ3n) is 11.7. The number of hydrogen-bond donors (Lipinski definition) is 0. The van der Waals surface area contributed by atoms with Gasteiger partial charge in [0.1, 0.15) is 0 Å². The zero-order valence-corrected chi connectivity index (χ0v) is 35.5. The van der Waals surface area contributed by atoms with E-state index in [9.17, 15) is 0 Å². The quantitative estimate of drug-likeness (QED) is 0.0425. The lowest BCUT2D eigenvalue weighted by Crippen LogP contribution is -1.88. The molecule has 0 fully saturated rings. The van der Waals surface area contributed by atoms with E-state index >= 15 is 0 Å². The summed E-state index contributed by atoms with van der Waals surface area (Å²) in [5, 5.41) is 0. The Morgan fingerprint density at radius 2 is 0.375 bits per heavy atom. The lowest BCUT2D eigenvalue weighted by molar-refractivity contribution is 0.515. The molecule has 0 atom stereocenters.